The van der Waals surface area contributed by atoms with Crippen molar-refractivity contribution in [3.63, 3.8) is 0 Å². The van der Waals surface area contributed by atoms with Crippen LogP contribution in [0.25, 0.3) is 0 Å². The van der Waals surface area contributed by atoms with Crippen LogP contribution in [0, 0.1) is 0 Å². The second-order valence-corrected chi connectivity index (χ2v) is 4.78. The summed E-state index contributed by atoms with van der Waals surface area (Å²) in [5, 5.41) is 18.0. The number of ketones is 1. The van der Waals surface area contributed by atoms with Crippen molar-refractivity contribution < 1.29 is 24.5 Å². The van der Waals surface area contributed by atoms with Crippen molar-refractivity contribution >= 4 is 17.4 Å². The van der Waals surface area contributed by atoms with Gasteiger partial charge in [0, 0.05) is 0 Å². The largest absolute Gasteiger partial charge is 0.388 e. The predicted octanol–water partition coefficient (Wildman–Crippen LogP) is -0.582. The van der Waals surface area contributed by atoms with Gasteiger partial charge in [-0.15, -0.1) is 11.6 Å². The van der Waals surface area contributed by atoms with E-state index in [1.807, 2.05) is 0 Å². The molecule has 1 heterocycles. The van der Waals surface area contributed by atoms with Crippen molar-refractivity contribution in [1.29, 1.82) is 0 Å². The lowest BCUT2D eigenvalue weighted by Gasteiger charge is -2.33. The Morgan fingerprint density at radius 2 is 1.87 bits per heavy atom. The monoisotopic (exact) mass is 236 g/mol. The van der Waals surface area contributed by atoms with Gasteiger partial charge in [-0.05, 0) is 13.8 Å². The highest BCUT2D eigenvalue weighted by molar-refractivity contribution is 6.32. The zero-order valence-electron chi connectivity index (χ0n) is 8.38. The topological polar surface area (TPSA) is 76.0 Å². The summed E-state index contributed by atoms with van der Waals surface area (Å²) >= 11 is 5.68. The van der Waals surface area contributed by atoms with Crippen molar-refractivity contribution in [1.82, 2.24) is 0 Å². The van der Waals surface area contributed by atoms with E-state index in [4.69, 9.17) is 21.1 Å². The normalized spacial score (nSPS) is 49.1. The van der Waals surface area contributed by atoms with Crippen LogP contribution in [0.5, 0.6) is 0 Å². The first-order valence-corrected chi connectivity index (χ1v) is 5.17. The number of hydrogen-bond acceptors (Lipinski definition) is 5. The Labute approximate surface area is 91.9 Å². The number of halogens is 1. The maximum absolute atomic E-state index is 11.6. The SMILES string of the molecule is CC1(C)O[C@H]2[C@H](O)[C@H](O)[C@@H](Cl)C(=O)[C@H]2O1. The smallest absolute Gasteiger partial charge is 0.184 e. The highest BCUT2D eigenvalue weighted by atomic mass is 35.5. The van der Waals surface area contributed by atoms with Crippen LogP contribution in [0.3, 0.4) is 0 Å². The van der Waals surface area contributed by atoms with Gasteiger partial charge in [0.1, 0.15) is 29.8 Å². The fraction of sp³-hybridized carbons (Fsp3) is 0.889. The van der Waals surface area contributed by atoms with Crippen LogP contribution in [0.4, 0.5) is 0 Å². The average Bonchev–Trinajstić information content (AvgIpc) is 2.48. The minimum absolute atomic E-state index is 0.440. The van der Waals surface area contributed by atoms with Crippen molar-refractivity contribution in [2.75, 3.05) is 0 Å². The zero-order valence-corrected chi connectivity index (χ0v) is 9.14. The summed E-state index contributed by atoms with van der Waals surface area (Å²) < 4.78 is 10.7. The van der Waals surface area contributed by atoms with Gasteiger partial charge in [-0.1, -0.05) is 0 Å². The molecule has 0 unspecified atom stereocenters. The molecule has 1 saturated carbocycles. The highest BCUT2D eigenvalue weighted by Crippen LogP contribution is 2.36. The number of carbonyl (C=O) groups is 1. The van der Waals surface area contributed by atoms with E-state index >= 15 is 0 Å². The first-order valence-electron chi connectivity index (χ1n) is 4.73. The van der Waals surface area contributed by atoms with Crippen LogP contribution < -0.4 is 0 Å². The number of fused-ring (bicyclic) bond motifs is 1. The molecule has 0 radical (unpaired) electrons. The molecule has 2 fully saturated rings. The molecule has 5 nitrogen and oxygen atoms in total. The van der Waals surface area contributed by atoms with Crippen molar-refractivity contribution in [3.8, 4) is 0 Å². The van der Waals surface area contributed by atoms with Gasteiger partial charge in [0.15, 0.2) is 11.6 Å². The fourth-order valence-electron chi connectivity index (χ4n) is 1.95. The van der Waals surface area contributed by atoms with E-state index in [0.717, 1.165) is 0 Å². The Bertz CT molecular complexity index is 292. The Kier molecular flexibility index (Phi) is 2.56. The van der Waals surface area contributed by atoms with Gasteiger partial charge in [-0.3, -0.25) is 4.79 Å². The van der Waals surface area contributed by atoms with E-state index in [-0.39, 0.29) is 0 Å². The number of alkyl halides is 1. The van der Waals surface area contributed by atoms with Gasteiger partial charge < -0.3 is 19.7 Å². The van der Waals surface area contributed by atoms with E-state index in [1.165, 1.54) is 0 Å². The number of hydrogen-bond donors (Lipinski definition) is 2. The Morgan fingerprint density at radius 1 is 1.27 bits per heavy atom. The van der Waals surface area contributed by atoms with Crippen LogP contribution in [0.15, 0.2) is 0 Å². The summed E-state index contributed by atoms with van der Waals surface area (Å²) in [6.45, 7) is 3.28. The minimum Gasteiger partial charge on any atom is -0.388 e. The van der Waals surface area contributed by atoms with E-state index in [2.05, 4.69) is 0 Å². The lowest BCUT2D eigenvalue weighted by atomic mass is 9.88. The molecule has 2 aliphatic rings. The molecule has 5 atom stereocenters. The van der Waals surface area contributed by atoms with Crippen LogP contribution in [0.2, 0.25) is 0 Å². The summed E-state index contributed by atoms with van der Waals surface area (Å²) in [6, 6.07) is 0. The third-order valence-electron chi connectivity index (χ3n) is 2.67. The number of rotatable bonds is 0. The minimum atomic E-state index is -1.31. The lowest BCUT2D eigenvalue weighted by Crippen LogP contribution is -2.58. The molecule has 2 rings (SSSR count). The molecule has 1 aliphatic heterocycles. The van der Waals surface area contributed by atoms with E-state index < -0.39 is 41.4 Å². The Balaban J connectivity index is 2.27. The van der Waals surface area contributed by atoms with Crippen LogP contribution in [0.1, 0.15) is 13.8 Å². The van der Waals surface area contributed by atoms with Gasteiger partial charge in [0.2, 0.25) is 0 Å². The number of aliphatic hydroxyl groups excluding tert-OH is 2. The number of ether oxygens (including phenoxy) is 2. The zero-order chi connectivity index (χ0) is 11.4. The van der Waals surface area contributed by atoms with E-state index in [0.29, 0.717) is 0 Å². The van der Waals surface area contributed by atoms with Gasteiger partial charge >= 0.3 is 0 Å². The molecule has 15 heavy (non-hydrogen) atoms. The number of carbonyl (C=O) groups excluding carboxylic acids is 1. The third-order valence-corrected chi connectivity index (χ3v) is 3.14. The summed E-state index contributed by atoms with van der Waals surface area (Å²) in [4.78, 5) is 11.6. The second kappa shape index (κ2) is 3.40. The molecular formula is C9H13ClO5. The summed E-state index contributed by atoms with van der Waals surface area (Å²) in [6.07, 6.45) is -4.23. The third kappa shape index (κ3) is 1.68. The number of Topliss-reactive ketones (excluding diaryl/α,β-unsaturated/α-hetero) is 1. The fourth-order valence-corrected chi connectivity index (χ4v) is 2.22. The average molecular weight is 237 g/mol. The van der Waals surface area contributed by atoms with Crippen molar-refractivity contribution in [3.05, 3.63) is 0 Å². The Morgan fingerprint density at radius 3 is 2.47 bits per heavy atom. The van der Waals surface area contributed by atoms with Gasteiger partial charge in [0.25, 0.3) is 0 Å². The summed E-state index contributed by atoms with van der Waals surface area (Å²) in [5.74, 6) is -1.38. The van der Waals surface area contributed by atoms with Crippen LogP contribution in [-0.2, 0) is 14.3 Å². The summed E-state index contributed by atoms with van der Waals surface area (Å²) in [5.41, 5.74) is 0. The molecule has 6 heteroatoms. The Hall–Kier alpha value is -0.200. The van der Waals surface area contributed by atoms with Crippen molar-refractivity contribution in [2.45, 2.75) is 49.4 Å². The quantitative estimate of drug-likeness (QED) is 0.551. The molecule has 0 bridgehead atoms. The van der Waals surface area contributed by atoms with Crippen molar-refractivity contribution in [2.24, 2.45) is 0 Å². The maximum atomic E-state index is 11.6. The van der Waals surface area contributed by atoms with E-state index in [9.17, 15) is 15.0 Å². The van der Waals surface area contributed by atoms with Gasteiger partial charge in [-0.2, -0.15) is 0 Å². The molecule has 2 N–H and O–H groups in total. The molecule has 0 aromatic carbocycles. The molecule has 1 saturated heterocycles. The first kappa shape index (κ1) is 11.3. The van der Waals surface area contributed by atoms with Crippen LogP contribution >= 0.6 is 11.6 Å². The molecule has 0 spiro atoms. The predicted molar refractivity (Wildman–Crippen MR) is 50.5 cm³/mol. The standard InChI is InChI=1S/C9H13ClO5/c1-9(2)14-7-5(12)3(10)4(11)6(13)8(7)15-9/h3-4,6-8,11,13H,1-2H3/t3-,4-,6-,7-,8+/m1/s1. The lowest BCUT2D eigenvalue weighted by molar-refractivity contribution is -0.159. The molecule has 0 amide bonds. The van der Waals surface area contributed by atoms with Gasteiger partial charge in [-0.25, -0.2) is 0 Å². The summed E-state index contributed by atoms with van der Waals surface area (Å²) in [7, 11) is 0. The molecular weight excluding hydrogens is 224 g/mol. The van der Waals surface area contributed by atoms with E-state index in [1.54, 1.807) is 13.8 Å². The molecule has 86 valence electrons. The number of aliphatic hydroxyl groups is 2. The van der Waals surface area contributed by atoms with Crippen LogP contribution in [-0.4, -0.2) is 51.6 Å². The molecule has 0 aromatic rings. The second-order valence-electron chi connectivity index (χ2n) is 4.31. The highest BCUT2D eigenvalue weighted by Gasteiger charge is 2.56. The molecule has 0 aromatic heterocycles. The molecule has 1 aliphatic carbocycles. The maximum Gasteiger partial charge on any atom is 0.184 e. The first-order chi connectivity index (χ1) is 6.83. The van der Waals surface area contributed by atoms with Gasteiger partial charge in [0.05, 0.1) is 0 Å².